The SMILES string of the molecule is CC(N)C1CCN(Cc2ccc(F)c(C(F)(F)F)c2)CC1. The summed E-state index contributed by atoms with van der Waals surface area (Å²) in [5.41, 5.74) is 5.16. The Morgan fingerprint density at radius 1 is 1.29 bits per heavy atom. The van der Waals surface area contributed by atoms with Crippen LogP contribution in [0.1, 0.15) is 30.9 Å². The highest BCUT2D eigenvalue weighted by Crippen LogP contribution is 2.32. The van der Waals surface area contributed by atoms with Crippen LogP contribution in [0.5, 0.6) is 0 Å². The van der Waals surface area contributed by atoms with Crippen molar-refractivity contribution < 1.29 is 17.6 Å². The van der Waals surface area contributed by atoms with Gasteiger partial charge < -0.3 is 5.73 Å². The van der Waals surface area contributed by atoms with Crippen molar-refractivity contribution in [1.82, 2.24) is 4.90 Å². The molecule has 1 aromatic carbocycles. The second-order valence-electron chi connectivity index (χ2n) is 5.78. The first-order valence-electron chi connectivity index (χ1n) is 7.11. The molecule has 2 rings (SSSR count). The lowest BCUT2D eigenvalue weighted by Gasteiger charge is -2.33. The predicted octanol–water partition coefficient (Wildman–Crippen LogP) is 3.40. The number of hydrogen-bond donors (Lipinski definition) is 1. The standard InChI is InChI=1S/C15H20F4N2/c1-10(20)12-4-6-21(7-5-12)9-11-2-3-14(16)13(8-11)15(17,18)19/h2-3,8,10,12H,4-7,9,20H2,1H3. The summed E-state index contributed by atoms with van der Waals surface area (Å²) in [5.74, 6) is -0.748. The normalized spacial score (nSPS) is 19.7. The Hall–Kier alpha value is -1.14. The van der Waals surface area contributed by atoms with Crippen LogP contribution < -0.4 is 5.73 Å². The van der Waals surface area contributed by atoms with Crippen molar-refractivity contribution in [3.63, 3.8) is 0 Å². The summed E-state index contributed by atoms with van der Waals surface area (Å²) in [5, 5.41) is 0. The van der Waals surface area contributed by atoms with Gasteiger partial charge in [-0.3, -0.25) is 4.90 Å². The van der Waals surface area contributed by atoms with Crippen LogP contribution in [0, 0.1) is 11.7 Å². The van der Waals surface area contributed by atoms with Gasteiger partial charge in [0.1, 0.15) is 5.82 Å². The zero-order valence-corrected chi connectivity index (χ0v) is 12.0. The molecule has 0 saturated carbocycles. The van der Waals surface area contributed by atoms with Gasteiger partial charge in [-0.25, -0.2) is 4.39 Å². The fraction of sp³-hybridized carbons (Fsp3) is 0.600. The third-order valence-electron chi connectivity index (χ3n) is 4.12. The molecule has 0 aromatic heterocycles. The summed E-state index contributed by atoms with van der Waals surface area (Å²) in [4.78, 5) is 2.09. The molecular weight excluding hydrogens is 284 g/mol. The number of alkyl halides is 3. The maximum Gasteiger partial charge on any atom is 0.419 e. The van der Waals surface area contributed by atoms with Gasteiger partial charge in [0.2, 0.25) is 0 Å². The van der Waals surface area contributed by atoms with Gasteiger partial charge in [-0.2, -0.15) is 13.2 Å². The van der Waals surface area contributed by atoms with Crippen molar-refractivity contribution in [3.8, 4) is 0 Å². The number of nitrogens with two attached hydrogens (primary N) is 1. The molecule has 1 aromatic rings. The van der Waals surface area contributed by atoms with Gasteiger partial charge in [-0.15, -0.1) is 0 Å². The highest BCUT2D eigenvalue weighted by Gasteiger charge is 2.34. The van der Waals surface area contributed by atoms with Crippen molar-refractivity contribution >= 4 is 0 Å². The van der Waals surface area contributed by atoms with E-state index in [1.807, 2.05) is 6.92 Å². The minimum atomic E-state index is -4.65. The quantitative estimate of drug-likeness (QED) is 0.867. The van der Waals surface area contributed by atoms with E-state index in [1.165, 1.54) is 6.07 Å². The van der Waals surface area contributed by atoms with E-state index < -0.39 is 17.6 Å². The molecule has 0 spiro atoms. The van der Waals surface area contributed by atoms with Crippen LogP contribution in [-0.4, -0.2) is 24.0 Å². The second-order valence-corrected chi connectivity index (χ2v) is 5.78. The summed E-state index contributed by atoms with van der Waals surface area (Å²) in [6, 6.07) is 3.37. The van der Waals surface area contributed by atoms with Crippen molar-refractivity contribution in [2.24, 2.45) is 11.7 Å². The summed E-state index contributed by atoms with van der Waals surface area (Å²) in [6.45, 7) is 4.01. The van der Waals surface area contributed by atoms with Crippen LogP contribution in [0.2, 0.25) is 0 Å². The van der Waals surface area contributed by atoms with Crippen molar-refractivity contribution in [2.75, 3.05) is 13.1 Å². The van der Waals surface area contributed by atoms with Gasteiger partial charge in [0.15, 0.2) is 0 Å². The maximum atomic E-state index is 13.2. The van der Waals surface area contributed by atoms with Crippen LogP contribution in [-0.2, 0) is 12.7 Å². The number of hydrogen-bond acceptors (Lipinski definition) is 2. The van der Waals surface area contributed by atoms with Crippen LogP contribution >= 0.6 is 0 Å². The zero-order valence-electron chi connectivity index (χ0n) is 12.0. The molecule has 1 aliphatic rings. The summed E-state index contributed by atoms with van der Waals surface area (Å²) < 4.78 is 51.3. The predicted molar refractivity (Wildman–Crippen MR) is 73.1 cm³/mol. The van der Waals surface area contributed by atoms with E-state index >= 15 is 0 Å². The Bertz CT molecular complexity index is 477. The van der Waals surface area contributed by atoms with E-state index in [9.17, 15) is 17.6 Å². The maximum absolute atomic E-state index is 13.2. The molecule has 21 heavy (non-hydrogen) atoms. The van der Waals surface area contributed by atoms with Gasteiger partial charge in [0.25, 0.3) is 0 Å². The van der Waals surface area contributed by atoms with Gasteiger partial charge in [-0.05, 0) is 56.5 Å². The molecule has 1 fully saturated rings. The highest BCUT2D eigenvalue weighted by atomic mass is 19.4. The lowest BCUT2D eigenvalue weighted by Crippen LogP contribution is -2.39. The number of nitrogens with zero attached hydrogens (tertiary/aromatic N) is 1. The molecule has 1 unspecified atom stereocenters. The molecule has 1 atom stereocenters. The molecule has 0 amide bonds. The fourth-order valence-corrected chi connectivity index (χ4v) is 2.78. The average Bonchev–Trinajstić information content (AvgIpc) is 2.40. The van der Waals surface area contributed by atoms with Gasteiger partial charge in [-0.1, -0.05) is 6.07 Å². The van der Waals surface area contributed by atoms with Crippen molar-refractivity contribution in [3.05, 3.63) is 35.1 Å². The average molecular weight is 304 g/mol. The van der Waals surface area contributed by atoms with Crippen LogP contribution in [0.25, 0.3) is 0 Å². The van der Waals surface area contributed by atoms with Crippen molar-refractivity contribution in [1.29, 1.82) is 0 Å². The number of benzene rings is 1. The molecular formula is C15H20F4N2. The van der Waals surface area contributed by atoms with Crippen LogP contribution in [0.4, 0.5) is 17.6 Å². The summed E-state index contributed by atoms with van der Waals surface area (Å²) >= 11 is 0. The van der Waals surface area contributed by atoms with E-state index in [-0.39, 0.29) is 6.04 Å². The summed E-state index contributed by atoms with van der Waals surface area (Å²) in [7, 11) is 0. The highest BCUT2D eigenvalue weighted by molar-refractivity contribution is 5.27. The fourth-order valence-electron chi connectivity index (χ4n) is 2.78. The molecule has 2 N–H and O–H groups in total. The molecule has 0 aliphatic carbocycles. The number of likely N-dealkylation sites (tertiary alicyclic amines) is 1. The summed E-state index contributed by atoms with van der Waals surface area (Å²) in [6.07, 6.45) is -2.75. The third-order valence-corrected chi connectivity index (χ3v) is 4.12. The molecule has 1 saturated heterocycles. The monoisotopic (exact) mass is 304 g/mol. The van der Waals surface area contributed by atoms with Gasteiger partial charge in [0.05, 0.1) is 5.56 Å². The van der Waals surface area contributed by atoms with E-state index in [4.69, 9.17) is 5.73 Å². The lowest BCUT2D eigenvalue weighted by atomic mass is 9.91. The largest absolute Gasteiger partial charge is 0.419 e. The molecule has 1 aliphatic heterocycles. The smallest absolute Gasteiger partial charge is 0.328 e. The van der Waals surface area contributed by atoms with Gasteiger partial charge >= 0.3 is 6.18 Å². The minimum absolute atomic E-state index is 0.148. The Kier molecular flexibility index (Phi) is 4.88. The third kappa shape index (κ3) is 4.17. The molecule has 0 bridgehead atoms. The topological polar surface area (TPSA) is 29.3 Å². The zero-order chi connectivity index (χ0) is 15.6. The Morgan fingerprint density at radius 2 is 1.90 bits per heavy atom. The molecule has 6 heteroatoms. The Labute approximate surface area is 121 Å². The first-order chi connectivity index (χ1) is 9.77. The van der Waals surface area contributed by atoms with Crippen LogP contribution in [0.15, 0.2) is 18.2 Å². The number of halogens is 4. The lowest BCUT2D eigenvalue weighted by molar-refractivity contribution is -0.140. The molecule has 118 valence electrons. The number of rotatable bonds is 3. The molecule has 2 nitrogen and oxygen atoms in total. The second kappa shape index (κ2) is 6.32. The Morgan fingerprint density at radius 3 is 2.43 bits per heavy atom. The van der Waals surface area contributed by atoms with Crippen LogP contribution in [0.3, 0.4) is 0 Å². The van der Waals surface area contributed by atoms with E-state index in [0.717, 1.165) is 38.1 Å². The van der Waals surface area contributed by atoms with E-state index in [0.29, 0.717) is 18.0 Å². The molecule has 1 heterocycles. The van der Waals surface area contributed by atoms with Crippen molar-refractivity contribution in [2.45, 2.75) is 38.5 Å². The van der Waals surface area contributed by atoms with E-state index in [1.54, 1.807) is 0 Å². The minimum Gasteiger partial charge on any atom is -0.328 e. The Balaban J connectivity index is 2.01. The number of piperidine rings is 1. The first-order valence-corrected chi connectivity index (χ1v) is 7.11. The molecule has 0 radical (unpaired) electrons. The van der Waals surface area contributed by atoms with Gasteiger partial charge in [0, 0.05) is 12.6 Å². The first kappa shape index (κ1) is 16.2. The van der Waals surface area contributed by atoms with E-state index in [2.05, 4.69) is 4.90 Å².